The zero-order chi connectivity index (χ0) is 19.4. The molecule has 27 heavy (non-hydrogen) atoms. The number of halogens is 1. The van der Waals surface area contributed by atoms with E-state index in [9.17, 15) is 9.18 Å². The number of nitrogens with one attached hydrogen (secondary N) is 1. The van der Waals surface area contributed by atoms with Crippen molar-refractivity contribution in [1.29, 1.82) is 0 Å². The first-order chi connectivity index (χ1) is 13.0. The molecule has 140 valence electrons. The van der Waals surface area contributed by atoms with Crippen LogP contribution in [0.25, 0.3) is 10.6 Å². The minimum atomic E-state index is -0.290. The van der Waals surface area contributed by atoms with Crippen molar-refractivity contribution in [2.75, 3.05) is 19.5 Å². The van der Waals surface area contributed by atoms with Gasteiger partial charge in [-0.3, -0.25) is 4.79 Å². The van der Waals surface area contributed by atoms with Crippen molar-refractivity contribution in [1.82, 2.24) is 4.98 Å². The summed E-state index contributed by atoms with van der Waals surface area (Å²) in [6.45, 7) is 1.86. The van der Waals surface area contributed by atoms with Crippen LogP contribution in [0.15, 0.2) is 42.5 Å². The van der Waals surface area contributed by atoms with Crippen molar-refractivity contribution < 1.29 is 18.7 Å². The van der Waals surface area contributed by atoms with Gasteiger partial charge in [0.1, 0.15) is 10.8 Å². The molecule has 1 aromatic heterocycles. The topological polar surface area (TPSA) is 60.5 Å². The van der Waals surface area contributed by atoms with Crippen LogP contribution in [0.4, 0.5) is 10.1 Å². The molecule has 0 unspecified atom stereocenters. The normalized spacial score (nSPS) is 10.5. The largest absolute Gasteiger partial charge is 0.493 e. The number of ether oxygens (including phenoxy) is 2. The Morgan fingerprint density at radius 1 is 1.11 bits per heavy atom. The van der Waals surface area contributed by atoms with Crippen LogP contribution in [0.2, 0.25) is 0 Å². The lowest BCUT2D eigenvalue weighted by molar-refractivity contribution is -0.115. The molecular weight excluding hydrogens is 367 g/mol. The average Bonchev–Trinajstić information content (AvgIpc) is 3.02. The van der Waals surface area contributed by atoms with Gasteiger partial charge < -0.3 is 14.8 Å². The first-order valence-corrected chi connectivity index (χ1v) is 9.06. The van der Waals surface area contributed by atoms with Crippen molar-refractivity contribution in [3.05, 3.63) is 58.9 Å². The third-order valence-electron chi connectivity index (χ3n) is 3.97. The zero-order valence-electron chi connectivity index (χ0n) is 15.2. The van der Waals surface area contributed by atoms with E-state index in [2.05, 4.69) is 10.3 Å². The Morgan fingerprint density at radius 3 is 2.48 bits per heavy atom. The molecule has 5 nitrogen and oxygen atoms in total. The summed E-state index contributed by atoms with van der Waals surface area (Å²) in [6, 6.07) is 11.4. The maximum absolute atomic E-state index is 13.1. The SMILES string of the molecule is COc1ccc(NC(=O)Cc2sc(-c3ccc(F)cc3)nc2C)cc1OC. The van der Waals surface area contributed by atoms with Gasteiger partial charge in [0.25, 0.3) is 0 Å². The predicted octanol–water partition coefficient (Wildman–Crippen LogP) is 4.46. The molecule has 1 heterocycles. The van der Waals surface area contributed by atoms with E-state index in [1.165, 1.54) is 23.5 Å². The molecule has 3 rings (SSSR count). The third-order valence-corrected chi connectivity index (χ3v) is 5.18. The van der Waals surface area contributed by atoms with Gasteiger partial charge in [0.05, 0.1) is 26.3 Å². The number of methoxy groups -OCH3 is 2. The molecular formula is C20H19FN2O3S. The van der Waals surface area contributed by atoms with Gasteiger partial charge in [-0.1, -0.05) is 0 Å². The van der Waals surface area contributed by atoms with Gasteiger partial charge in [0.15, 0.2) is 11.5 Å². The van der Waals surface area contributed by atoms with Crippen LogP contribution >= 0.6 is 11.3 Å². The molecule has 7 heteroatoms. The molecule has 0 radical (unpaired) electrons. The average molecular weight is 386 g/mol. The Hall–Kier alpha value is -2.93. The molecule has 0 saturated heterocycles. The molecule has 0 bridgehead atoms. The Balaban J connectivity index is 1.72. The highest BCUT2D eigenvalue weighted by molar-refractivity contribution is 7.15. The maximum Gasteiger partial charge on any atom is 0.229 e. The van der Waals surface area contributed by atoms with Crippen LogP contribution in [-0.2, 0) is 11.2 Å². The van der Waals surface area contributed by atoms with Crippen LogP contribution in [0.3, 0.4) is 0 Å². The number of aromatic nitrogens is 1. The summed E-state index contributed by atoms with van der Waals surface area (Å²) in [7, 11) is 3.10. The number of anilines is 1. The minimum absolute atomic E-state index is 0.153. The molecule has 3 aromatic rings. The van der Waals surface area contributed by atoms with Crippen molar-refractivity contribution in [3.8, 4) is 22.1 Å². The minimum Gasteiger partial charge on any atom is -0.493 e. The second kappa shape index (κ2) is 8.18. The Labute approximate surface area is 160 Å². The molecule has 0 aliphatic rings. The van der Waals surface area contributed by atoms with Gasteiger partial charge in [0.2, 0.25) is 5.91 Å². The fourth-order valence-corrected chi connectivity index (χ4v) is 3.64. The van der Waals surface area contributed by atoms with Crippen molar-refractivity contribution >= 4 is 22.9 Å². The van der Waals surface area contributed by atoms with E-state index in [4.69, 9.17) is 9.47 Å². The van der Waals surface area contributed by atoms with Crippen LogP contribution in [0.5, 0.6) is 11.5 Å². The molecule has 0 saturated carbocycles. The van der Waals surface area contributed by atoms with E-state index < -0.39 is 0 Å². The van der Waals surface area contributed by atoms with E-state index >= 15 is 0 Å². The van der Waals surface area contributed by atoms with E-state index in [0.29, 0.717) is 17.2 Å². The number of amides is 1. The summed E-state index contributed by atoms with van der Waals surface area (Å²) >= 11 is 1.43. The summed E-state index contributed by atoms with van der Waals surface area (Å²) < 4.78 is 23.5. The number of hydrogen-bond acceptors (Lipinski definition) is 5. The zero-order valence-corrected chi connectivity index (χ0v) is 16.0. The van der Waals surface area contributed by atoms with E-state index in [-0.39, 0.29) is 18.1 Å². The molecule has 1 N–H and O–H groups in total. The van der Waals surface area contributed by atoms with Gasteiger partial charge in [-0.2, -0.15) is 0 Å². The number of benzene rings is 2. The first-order valence-electron chi connectivity index (χ1n) is 8.24. The van der Waals surface area contributed by atoms with Crippen LogP contribution < -0.4 is 14.8 Å². The third kappa shape index (κ3) is 4.43. The van der Waals surface area contributed by atoms with Gasteiger partial charge in [-0.25, -0.2) is 9.37 Å². The number of thiazole rings is 1. The molecule has 0 atom stereocenters. The predicted molar refractivity (Wildman–Crippen MR) is 104 cm³/mol. The highest BCUT2D eigenvalue weighted by Crippen LogP contribution is 2.31. The molecule has 1 amide bonds. The molecule has 0 fully saturated rings. The van der Waals surface area contributed by atoms with Gasteiger partial charge in [-0.15, -0.1) is 11.3 Å². The summed E-state index contributed by atoms with van der Waals surface area (Å²) in [5.41, 5.74) is 2.25. The Bertz CT molecular complexity index is 954. The second-order valence-electron chi connectivity index (χ2n) is 5.83. The number of rotatable bonds is 6. The Morgan fingerprint density at radius 2 is 1.81 bits per heavy atom. The molecule has 0 aliphatic carbocycles. The summed E-state index contributed by atoms with van der Waals surface area (Å²) in [6.07, 6.45) is 0.207. The second-order valence-corrected chi connectivity index (χ2v) is 6.91. The molecule has 2 aromatic carbocycles. The monoisotopic (exact) mass is 386 g/mol. The lowest BCUT2D eigenvalue weighted by atomic mass is 10.2. The van der Waals surface area contributed by atoms with Crippen LogP contribution in [-0.4, -0.2) is 25.1 Å². The van der Waals surface area contributed by atoms with Gasteiger partial charge >= 0.3 is 0 Å². The number of aryl methyl sites for hydroxylation is 1. The fraction of sp³-hybridized carbons (Fsp3) is 0.200. The summed E-state index contributed by atoms with van der Waals surface area (Å²) in [4.78, 5) is 17.8. The van der Waals surface area contributed by atoms with Crippen molar-refractivity contribution in [2.24, 2.45) is 0 Å². The highest BCUT2D eigenvalue weighted by Gasteiger charge is 2.14. The number of hydrogen-bond donors (Lipinski definition) is 1. The maximum atomic E-state index is 13.1. The van der Waals surface area contributed by atoms with E-state index in [1.54, 1.807) is 44.6 Å². The van der Waals surface area contributed by atoms with E-state index in [1.807, 2.05) is 6.92 Å². The van der Waals surface area contributed by atoms with Crippen LogP contribution in [0.1, 0.15) is 10.6 Å². The quantitative estimate of drug-likeness (QED) is 0.680. The fourth-order valence-electron chi connectivity index (χ4n) is 2.57. The first kappa shape index (κ1) is 18.8. The molecule has 0 aliphatic heterocycles. The van der Waals surface area contributed by atoms with Gasteiger partial charge in [-0.05, 0) is 43.3 Å². The molecule has 0 spiro atoms. The lowest BCUT2D eigenvalue weighted by Gasteiger charge is -2.10. The highest BCUT2D eigenvalue weighted by atomic mass is 32.1. The van der Waals surface area contributed by atoms with Crippen molar-refractivity contribution in [3.63, 3.8) is 0 Å². The lowest BCUT2D eigenvalue weighted by Crippen LogP contribution is -2.14. The van der Waals surface area contributed by atoms with Crippen molar-refractivity contribution in [2.45, 2.75) is 13.3 Å². The van der Waals surface area contributed by atoms with Gasteiger partial charge in [0, 0.05) is 22.2 Å². The number of carbonyl (C=O) groups excluding carboxylic acids is 1. The van der Waals surface area contributed by atoms with Crippen LogP contribution in [0, 0.1) is 12.7 Å². The Kier molecular flexibility index (Phi) is 5.71. The number of nitrogens with zero attached hydrogens (tertiary/aromatic N) is 1. The number of carbonyl (C=O) groups is 1. The van der Waals surface area contributed by atoms with E-state index in [0.717, 1.165) is 21.1 Å². The summed E-state index contributed by atoms with van der Waals surface area (Å²) in [5, 5.41) is 3.62. The summed E-state index contributed by atoms with van der Waals surface area (Å²) in [5.74, 6) is 0.696. The smallest absolute Gasteiger partial charge is 0.229 e. The standard InChI is InChI=1S/C20H19FN2O3S/c1-12-18(27-20(22-12)13-4-6-14(21)7-5-13)11-19(24)23-15-8-9-16(25-2)17(10-15)26-3/h4-10H,11H2,1-3H3,(H,23,24).